The maximum absolute atomic E-state index is 12.2. The van der Waals surface area contributed by atoms with Crippen LogP contribution < -0.4 is 15.4 Å². The molecule has 11 heteroatoms. The minimum atomic E-state index is -4.54. The number of hydrogen-bond donors (Lipinski definition) is 2. The second kappa shape index (κ2) is 9.58. The molecule has 0 aromatic heterocycles. The van der Waals surface area contributed by atoms with Crippen LogP contribution in [0.3, 0.4) is 0 Å². The largest absolute Gasteiger partial charge is 0.484 e. The average molecular weight is 398 g/mol. The first kappa shape index (κ1) is 22.0. The molecule has 1 atom stereocenters. The number of ether oxygens (including phenoxy) is 1. The van der Waals surface area contributed by atoms with E-state index in [1.807, 2.05) is 0 Å². The summed E-state index contributed by atoms with van der Waals surface area (Å²) in [6.07, 6.45) is -2.83. The van der Waals surface area contributed by atoms with E-state index in [0.29, 0.717) is 12.5 Å². The molecule has 1 aliphatic heterocycles. The van der Waals surface area contributed by atoms with E-state index in [9.17, 15) is 28.1 Å². The number of nitro benzene ring substituents is 1. The number of rotatable bonds is 7. The Hall–Kier alpha value is -2.07. The van der Waals surface area contributed by atoms with Gasteiger partial charge in [-0.15, -0.1) is 12.4 Å². The van der Waals surface area contributed by atoms with E-state index in [4.69, 9.17) is 0 Å². The molecule has 1 saturated heterocycles. The second-order valence-corrected chi connectivity index (χ2v) is 5.74. The van der Waals surface area contributed by atoms with Gasteiger partial charge in [0.1, 0.15) is 11.3 Å². The highest BCUT2D eigenvalue weighted by Gasteiger charge is 2.29. The molecule has 2 N–H and O–H groups in total. The van der Waals surface area contributed by atoms with Gasteiger partial charge in [-0.3, -0.25) is 14.9 Å². The van der Waals surface area contributed by atoms with Crippen LogP contribution in [0.15, 0.2) is 18.2 Å². The zero-order chi connectivity index (χ0) is 18.4. The van der Waals surface area contributed by atoms with Gasteiger partial charge in [-0.1, -0.05) is 0 Å². The lowest BCUT2D eigenvalue weighted by Crippen LogP contribution is -2.27. The number of halogens is 4. The van der Waals surface area contributed by atoms with Gasteiger partial charge in [0.25, 0.3) is 11.6 Å². The fourth-order valence-corrected chi connectivity index (χ4v) is 2.56. The second-order valence-electron chi connectivity index (χ2n) is 5.74. The van der Waals surface area contributed by atoms with Gasteiger partial charge in [0.05, 0.1) is 4.92 Å². The number of hydrogen-bond acceptors (Lipinski definition) is 5. The normalized spacial score (nSPS) is 16.7. The van der Waals surface area contributed by atoms with Crippen molar-refractivity contribution >= 4 is 24.0 Å². The van der Waals surface area contributed by atoms with Gasteiger partial charge < -0.3 is 15.4 Å². The van der Waals surface area contributed by atoms with Gasteiger partial charge in [0.15, 0.2) is 6.61 Å². The summed E-state index contributed by atoms with van der Waals surface area (Å²) in [6.45, 7) is 0.565. The number of nitrogens with one attached hydrogen (secondary N) is 2. The summed E-state index contributed by atoms with van der Waals surface area (Å²) in [5.41, 5.74) is -0.811. The number of nitro groups is 1. The van der Waals surface area contributed by atoms with Crippen LogP contribution in [-0.2, 0) is 0 Å². The molecular formula is C15H19ClF3N3O4. The van der Waals surface area contributed by atoms with Crippen LogP contribution >= 0.6 is 12.4 Å². The fraction of sp³-hybridized carbons (Fsp3) is 0.533. The number of carbonyl (C=O) groups excluding carboxylic acids is 1. The summed E-state index contributed by atoms with van der Waals surface area (Å²) in [6, 6.07) is 2.95. The van der Waals surface area contributed by atoms with Crippen LogP contribution in [0, 0.1) is 16.0 Å². The van der Waals surface area contributed by atoms with E-state index >= 15 is 0 Å². The maximum atomic E-state index is 12.2. The number of nitrogens with zero attached hydrogens (tertiary/aromatic N) is 1. The van der Waals surface area contributed by atoms with Gasteiger partial charge in [0.2, 0.25) is 0 Å². The highest BCUT2D eigenvalue weighted by Crippen LogP contribution is 2.26. The van der Waals surface area contributed by atoms with E-state index in [2.05, 4.69) is 15.4 Å². The smallest absolute Gasteiger partial charge is 0.422 e. The molecule has 0 aliphatic carbocycles. The van der Waals surface area contributed by atoms with E-state index in [0.717, 1.165) is 44.1 Å². The van der Waals surface area contributed by atoms with E-state index < -0.39 is 29.3 Å². The first-order chi connectivity index (χ1) is 11.8. The molecule has 7 nitrogen and oxygen atoms in total. The Kier molecular flexibility index (Phi) is 8.09. The monoisotopic (exact) mass is 397 g/mol. The van der Waals surface area contributed by atoms with Crippen molar-refractivity contribution in [3.8, 4) is 5.75 Å². The molecule has 1 amide bonds. The minimum absolute atomic E-state index is 0. The molecule has 2 rings (SSSR count). The third-order valence-electron chi connectivity index (χ3n) is 3.81. The zero-order valence-corrected chi connectivity index (χ0v) is 14.5. The summed E-state index contributed by atoms with van der Waals surface area (Å²) in [7, 11) is 0. The lowest BCUT2D eigenvalue weighted by molar-refractivity contribution is -0.385. The predicted molar refractivity (Wildman–Crippen MR) is 89.8 cm³/mol. The lowest BCUT2D eigenvalue weighted by Gasteiger charge is -2.12. The van der Waals surface area contributed by atoms with Crippen LogP contribution in [0.2, 0.25) is 0 Å². The number of benzene rings is 1. The molecule has 26 heavy (non-hydrogen) atoms. The molecule has 0 spiro atoms. The molecule has 0 radical (unpaired) electrons. The standard InChI is InChI=1S/C15H18F3N3O4.ClH/c16-15(17,18)9-25-11-1-2-13(21(23)24)12(7-11)14(22)20-6-4-10-3-5-19-8-10;/h1-2,7,10,19H,3-6,8-9H2,(H,20,22);1H. The number of amides is 1. The minimum Gasteiger partial charge on any atom is -0.484 e. The first-order valence-corrected chi connectivity index (χ1v) is 7.73. The average Bonchev–Trinajstić information content (AvgIpc) is 3.05. The van der Waals surface area contributed by atoms with Crippen LogP contribution in [0.4, 0.5) is 18.9 Å². The topological polar surface area (TPSA) is 93.5 Å². The summed E-state index contributed by atoms with van der Waals surface area (Å²) in [5.74, 6) is -0.542. The Morgan fingerprint density at radius 2 is 2.15 bits per heavy atom. The van der Waals surface area contributed by atoms with Gasteiger partial charge >= 0.3 is 6.18 Å². The van der Waals surface area contributed by atoms with Gasteiger partial charge in [0, 0.05) is 12.6 Å². The summed E-state index contributed by atoms with van der Waals surface area (Å²) < 4.78 is 41.2. The van der Waals surface area contributed by atoms with Crippen molar-refractivity contribution in [2.24, 2.45) is 5.92 Å². The molecule has 1 aromatic rings. The third-order valence-corrected chi connectivity index (χ3v) is 3.81. The van der Waals surface area contributed by atoms with Gasteiger partial charge in [-0.25, -0.2) is 0 Å². The molecule has 1 aromatic carbocycles. The van der Waals surface area contributed by atoms with Crippen LogP contribution in [0.1, 0.15) is 23.2 Å². The highest BCUT2D eigenvalue weighted by molar-refractivity contribution is 5.98. The first-order valence-electron chi connectivity index (χ1n) is 7.73. The Labute approximate surface area is 153 Å². The van der Waals surface area contributed by atoms with Crippen molar-refractivity contribution in [3.63, 3.8) is 0 Å². The quantitative estimate of drug-likeness (QED) is 0.545. The molecule has 146 valence electrons. The van der Waals surface area contributed by atoms with E-state index in [1.54, 1.807) is 0 Å². The van der Waals surface area contributed by atoms with Crippen molar-refractivity contribution in [1.29, 1.82) is 0 Å². The van der Waals surface area contributed by atoms with Crippen molar-refractivity contribution in [2.75, 3.05) is 26.2 Å². The van der Waals surface area contributed by atoms with E-state index in [-0.39, 0.29) is 23.7 Å². The van der Waals surface area contributed by atoms with Crippen LogP contribution in [0.5, 0.6) is 5.75 Å². The Morgan fingerprint density at radius 1 is 1.42 bits per heavy atom. The fourth-order valence-electron chi connectivity index (χ4n) is 2.56. The molecule has 1 fully saturated rings. The Balaban J connectivity index is 0.00000338. The molecule has 0 saturated carbocycles. The summed E-state index contributed by atoms with van der Waals surface area (Å²) >= 11 is 0. The third kappa shape index (κ3) is 6.68. The molecule has 1 unspecified atom stereocenters. The molecule has 1 aliphatic rings. The van der Waals surface area contributed by atoms with Crippen LogP contribution in [-0.4, -0.2) is 43.2 Å². The predicted octanol–water partition coefficient (Wildman–Crippen LogP) is 2.69. The SMILES string of the molecule is Cl.O=C(NCCC1CCNC1)c1cc(OCC(F)(F)F)ccc1[N+](=O)[O-]. The number of alkyl halides is 3. The number of carbonyl (C=O) groups is 1. The Bertz CT molecular complexity index is 637. The molecule has 0 bridgehead atoms. The van der Waals surface area contributed by atoms with Crippen molar-refractivity contribution < 1.29 is 27.6 Å². The van der Waals surface area contributed by atoms with Gasteiger partial charge in [-0.2, -0.15) is 13.2 Å². The zero-order valence-electron chi connectivity index (χ0n) is 13.7. The van der Waals surface area contributed by atoms with Crippen LogP contribution in [0.25, 0.3) is 0 Å². The van der Waals surface area contributed by atoms with Crippen molar-refractivity contribution in [1.82, 2.24) is 10.6 Å². The molecular weight excluding hydrogens is 379 g/mol. The highest BCUT2D eigenvalue weighted by atomic mass is 35.5. The van der Waals surface area contributed by atoms with Crippen molar-refractivity contribution in [2.45, 2.75) is 19.0 Å². The molecule has 1 heterocycles. The van der Waals surface area contributed by atoms with Gasteiger partial charge in [-0.05, 0) is 44.0 Å². The summed E-state index contributed by atoms with van der Waals surface area (Å²) in [5, 5.41) is 16.8. The van der Waals surface area contributed by atoms with E-state index in [1.165, 1.54) is 0 Å². The summed E-state index contributed by atoms with van der Waals surface area (Å²) in [4.78, 5) is 22.5. The Morgan fingerprint density at radius 3 is 2.73 bits per heavy atom. The maximum Gasteiger partial charge on any atom is 0.422 e. The lowest BCUT2D eigenvalue weighted by atomic mass is 10.1. The van der Waals surface area contributed by atoms with Crippen molar-refractivity contribution in [3.05, 3.63) is 33.9 Å².